The van der Waals surface area contributed by atoms with Gasteiger partial charge in [0.25, 0.3) is 10.1 Å². The molecule has 0 spiro atoms. The van der Waals surface area contributed by atoms with Crippen LogP contribution in [-0.4, -0.2) is 41.5 Å². The molecule has 5 nitrogen and oxygen atoms in total. The predicted octanol–water partition coefficient (Wildman–Crippen LogP) is 0.792. The van der Waals surface area contributed by atoms with Gasteiger partial charge in [0, 0.05) is 12.1 Å². The fraction of sp³-hybridized carbons (Fsp3) is 1.00. The van der Waals surface area contributed by atoms with E-state index >= 15 is 0 Å². The van der Waals surface area contributed by atoms with E-state index < -0.39 is 27.0 Å². The third-order valence-corrected chi connectivity index (χ3v) is 3.93. The van der Waals surface area contributed by atoms with Crippen LogP contribution < -0.4 is 5.32 Å². The average molecular weight is 253 g/mol. The molecule has 0 fully saturated rings. The van der Waals surface area contributed by atoms with E-state index in [9.17, 15) is 13.5 Å². The van der Waals surface area contributed by atoms with Crippen molar-refractivity contribution in [3.63, 3.8) is 0 Å². The first kappa shape index (κ1) is 15.8. The summed E-state index contributed by atoms with van der Waals surface area (Å²) in [5, 5.41) is 11.9. The Morgan fingerprint density at radius 3 is 2.25 bits per heavy atom. The quantitative estimate of drug-likeness (QED) is 0.584. The highest BCUT2D eigenvalue weighted by Crippen LogP contribution is 2.14. The van der Waals surface area contributed by atoms with E-state index in [1.165, 1.54) is 6.92 Å². The van der Waals surface area contributed by atoms with E-state index in [2.05, 4.69) is 5.32 Å². The zero-order valence-corrected chi connectivity index (χ0v) is 11.2. The van der Waals surface area contributed by atoms with E-state index in [0.717, 1.165) is 6.42 Å². The first-order valence-electron chi connectivity index (χ1n) is 5.50. The number of aliphatic hydroxyl groups is 1. The van der Waals surface area contributed by atoms with E-state index in [0.29, 0.717) is 6.42 Å². The fourth-order valence-corrected chi connectivity index (χ4v) is 1.56. The van der Waals surface area contributed by atoms with Crippen molar-refractivity contribution in [1.29, 1.82) is 0 Å². The van der Waals surface area contributed by atoms with E-state index in [1.54, 1.807) is 0 Å². The molecule has 0 aliphatic heterocycles. The number of hydrogen-bond acceptors (Lipinski definition) is 4. The second-order valence-corrected chi connectivity index (χ2v) is 6.57. The SMILES string of the molecule is CCCC(O)C(C)(C)NCC(C)S(=O)(=O)O. The Labute approximate surface area is 98.0 Å². The van der Waals surface area contributed by atoms with E-state index in [4.69, 9.17) is 4.55 Å². The summed E-state index contributed by atoms with van der Waals surface area (Å²) in [6, 6.07) is 0. The molecule has 0 aliphatic carbocycles. The van der Waals surface area contributed by atoms with Crippen LogP contribution in [-0.2, 0) is 10.1 Å². The second kappa shape index (κ2) is 5.95. The average Bonchev–Trinajstić information content (AvgIpc) is 2.13. The number of hydrogen-bond donors (Lipinski definition) is 3. The molecule has 0 saturated heterocycles. The van der Waals surface area contributed by atoms with Crippen molar-refractivity contribution in [2.45, 2.75) is 57.4 Å². The molecule has 0 amide bonds. The molecule has 0 aliphatic rings. The highest BCUT2D eigenvalue weighted by Gasteiger charge is 2.28. The molecule has 0 saturated carbocycles. The summed E-state index contributed by atoms with van der Waals surface area (Å²) < 4.78 is 30.4. The molecular formula is C10H23NO4S. The highest BCUT2D eigenvalue weighted by atomic mass is 32.2. The zero-order valence-electron chi connectivity index (χ0n) is 10.4. The van der Waals surface area contributed by atoms with Crippen LogP contribution in [0.2, 0.25) is 0 Å². The maximum absolute atomic E-state index is 10.8. The van der Waals surface area contributed by atoms with Crippen molar-refractivity contribution in [3.8, 4) is 0 Å². The summed E-state index contributed by atoms with van der Waals surface area (Å²) >= 11 is 0. The molecule has 0 aromatic heterocycles. The van der Waals surface area contributed by atoms with Crippen LogP contribution >= 0.6 is 0 Å². The van der Waals surface area contributed by atoms with Crippen LogP contribution in [0.15, 0.2) is 0 Å². The molecular weight excluding hydrogens is 230 g/mol. The van der Waals surface area contributed by atoms with Gasteiger partial charge in [0.1, 0.15) is 0 Å². The van der Waals surface area contributed by atoms with Gasteiger partial charge >= 0.3 is 0 Å². The van der Waals surface area contributed by atoms with Crippen molar-refractivity contribution >= 4 is 10.1 Å². The van der Waals surface area contributed by atoms with Gasteiger partial charge in [-0.15, -0.1) is 0 Å². The van der Waals surface area contributed by atoms with Crippen LogP contribution in [0.4, 0.5) is 0 Å². The Hall–Kier alpha value is -0.170. The van der Waals surface area contributed by atoms with Gasteiger partial charge < -0.3 is 10.4 Å². The van der Waals surface area contributed by atoms with Gasteiger partial charge in [0.2, 0.25) is 0 Å². The van der Waals surface area contributed by atoms with Crippen molar-refractivity contribution in [1.82, 2.24) is 5.32 Å². The van der Waals surface area contributed by atoms with Crippen LogP contribution in [0.1, 0.15) is 40.5 Å². The third-order valence-electron chi connectivity index (χ3n) is 2.75. The molecule has 2 atom stereocenters. The minimum atomic E-state index is -4.01. The Kier molecular flexibility index (Phi) is 5.89. The largest absolute Gasteiger partial charge is 0.391 e. The Morgan fingerprint density at radius 2 is 1.88 bits per heavy atom. The molecule has 16 heavy (non-hydrogen) atoms. The summed E-state index contributed by atoms with van der Waals surface area (Å²) in [5.41, 5.74) is -0.561. The molecule has 2 unspecified atom stereocenters. The molecule has 6 heteroatoms. The van der Waals surface area contributed by atoms with Crippen LogP contribution in [0.25, 0.3) is 0 Å². The van der Waals surface area contributed by atoms with Crippen molar-refractivity contribution in [2.24, 2.45) is 0 Å². The summed E-state index contributed by atoms with van der Waals surface area (Å²) in [7, 11) is -4.01. The van der Waals surface area contributed by atoms with Gasteiger partial charge in [0.05, 0.1) is 11.4 Å². The summed E-state index contributed by atoms with van der Waals surface area (Å²) in [5.74, 6) is 0. The van der Waals surface area contributed by atoms with Gasteiger partial charge in [-0.1, -0.05) is 13.3 Å². The molecule has 0 aromatic carbocycles. The third kappa shape index (κ3) is 5.25. The van der Waals surface area contributed by atoms with E-state index in [1.807, 2.05) is 20.8 Å². The topological polar surface area (TPSA) is 86.6 Å². The summed E-state index contributed by atoms with van der Waals surface area (Å²) in [6.45, 7) is 7.13. The molecule has 0 rings (SSSR count). The molecule has 0 radical (unpaired) electrons. The minimum Gasteiger partial charge on any atom is -0.391 e. The van der Waals surface area contributed by atoms with Gasteiger partial charge in [-0.3, -0.25) is 4.55 Å². The minimum absolute atomic E-state index is 0.118. The Balaban J connectivity index is 4.28. The zero-order chi connectivity index (χ0) is 13.0. The van der Waals surface area contributed by atoms with Crippen LogP contribution in [0, 0.1) is 0 Å². The molecule has 3 N–H and O–H groups in total. The Morgan fingerprint density at radius 1 is 1.38 bits per heavy atom. The number of aliphatic hydroxyl groups excluding tert-OH is 1. The first-order valence-corrected chi connectivity index (χ1v) is 7.01. The van der Waals surface area contributed by atoms with Gasteiger partial charge in [-0.25, -0.2) is 0 Å². The summed E-state index contributed by atoms with van der Waals surface area (Å²) in [6.07, 6.45) is 0.978. The smallest absolute Gasteiger partial charge is 0.268 e. The van der Waals surface area contributed by atoms with Gasteiger partial charge in [-0.05, 0) is 27.2 Å². The Bertz CT molecular complexity index is 300. The normalized spacial score (nSPS) is 17.1. The predicted molar refractivity (Wildman–Crippen MR) is 64.0 cm³/mol. The summed E-state index contributed by atoms with van der Waals surface area (Å²) in [4.78, 5) is 0. The maximum atomic E-state index is 10.8. The lowest BCUT2D eigenvalue weighted by Gasteiger charge is -2.32. The van der Waals surface area contributed by atoms with Crippen LogP contribution in [0.5, 0.6) is 0 Å². The molecule has 0 bridgehead atoms. The first-order chi connectivity index (χ1) is 7.11. The van der Waals surface area contributed by atoms with Crippen molar-refractivity contribution in [3.05, 3.63) is 0 Å². The molecule has 0 heterocycles. The monoisotopic (exact) mass is 253 g/mol. The lowest BCUT2D eigenvalue weighted by Crippen LogP contribution is -2.52. The molecule has 0 aromatic rings. The maximum Gasteiger partial charge on any atom is 0.268 e. The second-order valence-electron chi connectivity index (χ2n) is 4.73. The highest BCUT2D eigenvalue weighted by molar-refractivity contribution is 7.86. The number of rotatable bonds is 7. The van der Waals surface area contributed by atoms with Gasteiger partial charge in [-0.2, -0.15) is 8.42 Å². The van der Waals surface area contributed by atoms with Crippen LogP contribution in [0.3, 0.4) is 0 Å². The van der Waals surface area contributed by atoms with Gasteiger partial charge in [0.15, 0.2) is 0 Å². The van der Waals surface area contributed by atoms with Crippen molar-refractivity contribution < 1.29 is 18.1 Å². The lowest BCUT2D eigenvalue weighted by atomic mass is 9.94. The fourth-order valence-electron chi connectivity index (χ4n) is 1.26. The number of nitrogens with one attached hydrogen (secondary N) is 1. The van der Waals surface area contributed by atoms with Crippen molar-refractivity contribution in [2.75, 3.05) is 6.54 Å². The van der Waals surface area contributed by atoms with E-state index in [-0.39, 0.29) is 6.54 Å². The molecule has 98 valence electrons. The lowest BCUT2D eigenvalue weighted by molar-refractivity contribution is 0.0724. The standard InChI is InChI=1S/C10H23NO4S/c1-5-6-9(12)10(3,4)11-7-8(2)16(13,14)15/h8-9,11-12H,5-7H2,1-4H3,(H,13,14,15).